The Bertz CT molecular complexity index is 3850. The number of fused-ring (bicyclic) bond motifs is 4. The normalized spacial score (nSPS) is 12.2. The standard InChI is InChI=1S/2C15H18.C14H20.C14H16.C10H14.2C9H12/c2*1-9-6-7-14-8-10(2)11(3)13(5)15(14)12(9)4;2*1-9-5-6-13-8-10(2)11(3)12(4)14(13)7-9;1-7-5-6-8(2)10(4)9(7)3;2*1-7-4-5-8(2)9(3)6-7/h2*6-8H,1-5H3;8-9H,5-7H2,1-4H3;5-8H,1-4H3;5-6H,1-4H3;2*4-6H,1-3H3. The van der Waals surface area contributed by atoms with Crippen molar-refractivity contribution in [3.63, 3.8) is 0 Å². The molecule has 0 spiro atoms. The van der Waals surface area contributed by atoms with E-state index in [0.717, 1.165) is 5.92 Å². The van der Waals surface area contributed by atoms with Crippen molar-refractivity contribution < 1.29 is 0 Å². The largest absolute Gasteiger partial charge is 0.0622 e. The van der Waals surface area contributed by atoms with Crippen LogP contribution in [-0.4, -0.2) is 0 Å². The lowest BCUT2D eigenvalue weighted by Gasteiger charge is -2.25. The molecule has 1 unspecified atom stereocenters. The zero-order valence-electron chi connectivity index (χ0n) is 59.2. The van der Waals surface area contributed by atoms with E-state index < -0.39 is 0 Å². The molecule has 0 aliphatic heterocycles. The van der Waals surface area contributed by atoms with Gasteiger partial charge in [-0.3, -0.25) is 0 Å². The zero-order valence-corrected chi connectivity index (χ0v) is 59.2. The predicted octanol–water partition coefficient (Wildman–Crippen LogP) is 24.7. The van der Waals surface area contributed by atoms with Crippen molar-refractivity contribution in [3.8, 4) is 0 Å². The molecule has 0 nitrogen and oxygen atoms in total. The Morgan fingerprint density at radius 2 is 0.558 bits per heavy atom. The van der Waals surface area contributed by atoms with Crippen molar-refractivity contribution in [1.29, 1.82) is 0 Å². The second-order valence-corrected chi connectivity index (χ2v) is 26.3. The number of benzene rings is 10. The fourth-order valence-electron chi connectivity index (χ4n) is 12.0. The summed E-state index contributed by atoms with van der Waals surface area (Å²) < 4.78 is 0. The molecule has 0 N–H and O–H groups in total. The van der Waals surface area contributed by atoms with Gasteiger partial charge in [-0.2, -0.15) is 0 Å². The first-order valence-electron chi connectivity index (χ1n) is 31.9. The fraction of sp³-hybridized carbons (Fsp3) is 0.372. The van der Waals surface area contributed by atoms with Gasteiger partial charge in [0.05, 0.1) is 0 Å². The summed E-state index contributed by atoms with van der Waals surface area (Å²) in [4.78, 5) is 0. The molecule has 0 aromatic heterocycles. The summed E-state index contributed by atoms with van der Waals surface area (Å²) in [6, 6.07) is 42.2. The van der Waals surface area contributed by atoms with Crippen LogP contribution in [0, 0.1) is 193 Å². The molecule has 11 rings (SSSR count). The maximum atomic E-state index is 2.41. The molecule has 10 aromatic rings. The van der Waals surface area contributed by atoms with Crippen molar-refractivity contribution in [3.05, 3.63) is 277 Å². The zero-order chi connectivity index (χ0) is 64.3. The Hall–Kier alpha value is -7.02. The minimum atomic E-state index is 0.878. The third-order valence-electron chi connectivity index (χ3n) is 20.0. The van der Waals surface area contributed by atoms with Crippen LogP contribution in [0.2, 0.25) is 0 Å². The maximum absolute atomic E-state index is 2.41. The van der Waals surface area contributed by atoms with Gasteiger partial charge in [-0.1, -0.05) is 139 Å². The number of hydrogen-bond acceptors (Lipinski definition) is 0. The summed E-state index contributed by atoms with van der Waals surface area (Å²) in [6.45, 7) is 61.4. The first kappa shape index (κ1) is 69.7. The van der Waals surface area contributed by atoms with Gasteiger partial charge in [-0.15, -0.1) is 0 Å². The molecule has 1 aliphatic carbocycles. The molecular formula is C86H110. The molecule has 0 saturated heterocycles. The van der Waals surface area contributed by atoms with E-state index in [9.17, 15) is 0 Å². The molecule has 1 aliphatic rings. The first-order chi connectivity index (χ1) is 40.2. The minimum absolute atomic E-state index is 0.878. The van der Waals surface area contributed by atoms with E-state index in [1.165, 1.54) is 196 Å². The van der Waals surface area contributed by atoms with Gasteiger partial charge < -0.3 is 0 Å². The molecule has 0 bridgehead atoms. The van der Waals surface area contributed by atoms with Crippen LogP contribution in [0.15, 0.2) is 115 Å². The van der Waals surface area contributed by atoms with Crippen LogP contribution in [-0.2, 0) is 12.8 Å². The van der Waals surface area contributed by atoms with Crippen molar-refractivity contribution in [2.24, 2.45) is 5.92 Å². The Labute approximate surface area is 525 Å². The molecular weight excluding hydrogens is 1030 g/mol. The van der Waals surface area contributed by atoms with Crippen molar-refractivity contribution in [2.45, 2.75) is 213 Å². The molecule has 0 heterocycles. The van der Waals surface area contributed by atoms with Crippen LogP contribution >= 0.6 is 0 Å². The lowest BCUT2D eigenvalue weighted by molar-refractivity contribution is 0.499. The van der Waals surface area contributed by atoms with E-state index in [0.29, 0.717) is 0 Å². The maximum Gasteiger partial charge on any atom is -0.0120 e. The summed E-state index contributed by atoms with van der Waals surface area (Å²) in [7, 11) is 0. The summed E-state index contributed by atoms with van der Waals surface area (Å²) >= 11 is 0. The molecule has 86 heavy (non-hydrogen) atoms. The fourth-order valence-corrected chi connectivity index (χ4v) is 12.0. The monoisotopic (exact) mass is 1140 g/mol. The van der Waals surface area contributed by atoms with E-state index in [4.69, 9.17) is 0 Å². The lowest BCUT2D eigenvalue weighted by atomic mass is 9.80. The summed E-state index contributed by atoms with van der Waals surface area (Å²) in [5.74, 6) is 0.878. The molecule has 0 fully saturated rings. The van der Waals surface area contributed by atoms with Gasteiger partial charge in [-0.25, -0.2) is 0 Å². The average Bonchev–Trinajstić information content (AvgIpc) is 1.29. The van der Waals surface area contributed by atoms with Crippen LogP contribution in [0.4, 0.5) is 0 Å². The van der Waals surface area contributed by atoms with Gasteiger partial charge in [-0.05, 0) is 389 Å². The van der Waals surface area contributed by atoms with Crippen LogP contribution in [0.25, 0.3) is 32.3 Å². The highest BCUT2D eigenvalue weighted by molar-refractivity contribution is 5.92. The Balaban J connectivity index is 0.000000185. The second kappa shape index (κ2) is 30.6. The molecule has 454 valence electrons. The smallest absolute Gasteiger partial charge is 0.0120 e. The molecule has 0 radical (unpaired) electrons. The molecule has 0 heteroatoms. The molecule has 10 aromatic carbocycles. The highest BCUT2D eigenvalue weighted by atomic mass is 14.2. The van der Waals surface area contributed by atoms with Gasteiger partial charge in [0, 0.05) is 0 Å². The molecule has 0 saturated carbocycles. The van der Waals surface area contributed by atoms with Gasteiger partial charge in [0.2, 0.25) is 0 Å². The summed E-state index contributed by atoms with van der Waals surface area (Å²) in [6.07, 6.45) is 3.95. The number of aryl methyl sites for hydroxylation is 21. The van der Waals surface area contributed by atoms with Crippen molar-refractivity contribution in [2.75, 3.05) is 0 Å². The van der Waals surface area contributed by atoms with Gasteiger partial charge in [0.1, 0.15) is 0 Å². The van der Waals surface area contributed by atoms with E-state index in [2.05, 4.69) is 309 Å². The minimum Gasteiger partial charge on any atom is -0.0622 e. The second-order valence-electron chi connectivity index (χ2n) is 26.3. The Morgan fingerprint density at radius 3 is 0.977 bits per heavy atom. The Kier molecular flexibility index (Phi) is 24.8. The van der Waals surface area contributed by atoms with Crippen LogP contribution in [0.3, 0.4) is 0 Å². The number of rotatable bonds is 0. The quantitative estimate of drug-likeness (QED) is 0.142. The lowest BCUT2D eigenvalue weighted by Crippen LogP contribution is -2.14. The van der Waals surface area contributed by atoms with Crippen molar-refractivity contribution >= 4 is 32.3 Å². The van der Waals surface area contributed by atoms with Crippen LogP contribution < -0.4 is 0 Å². The molecule has 0 amide bonds. The topological polar surface area (TPSA) is 0 Å². The highest BCUT2D eigenvalue weighted by Gasteiger charge is 2.19. The van der Waals surface area contributed by atoms with E-state index in [-0.39, 0.29) is 0 Å². The third kappa shape index (κ3) is 17.4. The van der Waals surface area contributed by atoms with Gasteiger partial charge >= 0.3 is 0 Å². The highest BCUT2D eigenvalue weighted by Crippen LogP contribution is 2.33. The third-order valence-corrected chi connectivity index (χ3v) is 20.0. The average molecular weight is 1140 g/mol. The van der Waals surface area contributed by atoms with Crippen LogP contribution in [0.1, 0.15) is 175 Å². The predicted molar refractivity (Wildman–Crippen MR) is 387 cm³/mol. The van der Waals surface area contributed by atoms with E-state index in [1.54, 1.807) is 16.7 Å². The van der Waals surface area contributed by atoms with E-state index >= 15 is 0 Å². The van der Waals surface area contributed by atoms with Crippen LogP contribution in [0.5, 0.6) is 0 Å². The Morgan fingerprint density at radius 1 is 0.244 bits per heavy atom. The molecule has 1 atom stereocenters. The number of hydrogen-bond donors (Lipinski definition) is 0. The van der Waals surface area contributed by atoms with Gasteiger partial charge in [0.15, 0.2) is 0 Å². The first-order valence-corrected chi connectivity index (χ1v) is 31.9. The van der Waals surface area contributed by atoms with E-state index in [1.807, 2.05) is 0 Å². The van der Waals surface area contributed by atoms with Gasteiger partial charge in [0.25, 0.3) is 0 Å². The SMILES string of the molecule is Cc1cc2c(c(C)c1C)CC(C)CC2.Cc1cc2ccc(C)c(C)c2c(C)c1C.Cc1cc2ccc(C)c(C)c2c(C)c1C.Cc1ccc(C)c(C)c1.Cc1ccc(C)c(C)c1.Cc1ccc(C)c(C)c1C.Cc1ccc2cc(C)c(C)c(C)c2c1. The van der Waals surface area contributed by atoms with Crippen molar-refractivity contribution in [1.82, 2.24) is 0 Å². The summed E-state index contributed by atoms with van der Waals surface area (Å²) in [5, 5.41) is 8.39. The summed E-state index contributed by atoms with van der Waals surface area (Å²) in [5.41, 5.74) is 41.3.